The number of hydrogen-bond acceptors (Lipinski definition) is 4. The number of carbonyl (C=O) groups is 3. The van der Waals surface area contributed by atoms with Crippen LogP contribution in [-0.4, -0.2) is 29.7 Å². The number of carbonyl (C=O) groups excluding carboxylic acids is 2. The van der Waals surface area contributed by atoms with Crippen LogP contribution in [0.25, 0.3) is 0 Å². The molecule has 0 spiro atoms. The number of ketones is 2. The highest BCUT2D eigenvalue weighted by Gasteiger charge is 2.25. The van der Waals surface area contributed by atoms with Gasteiger partial charge in [0.25, 0.3) is 0 Å². The van der Waals surface area contributed by atoms with E-state index in [4.69, 9.17) is 5.11 Å². The van der Waals surface area contributed by atoms with Crippen LogP contribution in [0.3, 0.4) is 0 Å². The summed E-state index contributed by atoms with van der Waals surface area (Å²) >= 11 is 0. The van der Waals surface area contributed by atoms with Crippen molar-refractivity contribution < 1.29 is 19.5 Å². The van der Waals surface area contributed by atoms with E-state index >= 15 is 0 Å². The molecule has 0 bridgehead atoms. The molecule has 0 radical (unpaired) electrons. The Morgan fingerprint density at radius 3 is 2.06 bits per heavy atom. The van der Waals surface area contributed by atoms with Crippen LogP contribution in [0.4, 0.5) is 0 Å². The van der Waals surface area contributed by atoms with E-state index in [2.05, 4.69) is 5.73 Å². The molecule has 5 heteroatoms. The lowest BCUT2D eigenvalue weighted by molar-refractivity contribution is -0.145. The molecule has 0 saturated carbocycles. The zero-order chi connectivity index (χ0) is 14.1. The van der Waals surface area contributed by atoms with Crippen molar-refractivity contribution in [3.63, 3.8) is 0 Å². The largest absolute Gasteiger partial charge is 0.481 e. The van der Waals surface area contributed by atoms with E-state index in [-0.39, 0.29) is 12.2 Å². The normalized spacial score (nSPS) is 10.8. The van der Waals surface area contributed by atoms with Crippen molar-refractivity contribution in [1.82, 2.24) is 0 Å². The predicted molar refractivity (Wildman–Crippen MR) is 67.3 cm³/mol. The fourth-order valence-electron chi connectivity index (χ4n) is 1.33. The van der Waals surface area contributed by atoms with Crippen LogP contribution >= 0.6 is 0 Å². The Kier molecular flexibility index (Phi) is 7.23. The quantitative estimate of drug-likeness (QED) is 0.603. The molecule has 1 rings (SSSR count). The topological polar surface area (TPSA) is 97.5 Å². The first-order valence-electron chi connectivity index (χ1n) is 5.41. The lowest BCUT2D eigenvalue weighted by atomic mass is 9.95. The van der Waals surface area contributed by atoms with Gasteiger partial charge >= 0.3 is 5.97 Å². The van der Waals surface area contributed by atoms with E-state index in [1.807, 2.05) is 0 Å². The van der Waals surface area contributed by atoms with Gasteiger partial charge in [0, 0.05) is 12.0 Å². The Hall–Kier alpha value is -2.01. The van der Waals surface area contributed by atoms with Gasteiger partial charge in [0.2, 0.25) is 0 Å². The maximum absolute atomic E-state index is 11.6. The summed E-state index contributed by atoms with van der Waals surface area (Å²) in [6.45, 7) is 1.18. The third-order valence-electron chi connectivity index (χ3n) is 2.27. The Morgan fingerprint density at radius 2 is 1.67 bits per heavy atom. The van der Waals surface area contributed by atoms with E-state index < -0.39 is 17.7 Å². The smallest absolute Gasteiger partial charge is 0.314 e. The summed E-state index contributed by atoms with van der Waals surface area (Å²) in [4.78, 5) is 33.4. The molecule has 0 aliphatic heterocycles. The zero-order valence-electron chi connectivity index (χ0n) is 10.4. The lowest BCUT2D eigenvalue weighted by Gasteiger charge is -2.07. The standard InChI is InChI=1S/C12H12O4.CH5N/c1-8(13)10(12(15)16)7-11(14)9-5-3-2-4-6-9;1-2/h2-6,10H,7H2,1H3,(H,15,16);2H2,1H3. The summed E-state index contributed by atoms with van der Waals surface area (Å²) < 4.78 is 0. The summed E-state index contributed by atoms with van der Waals surface area (Å²) in [6, 6.07) is 8.34. The van der Waals surface area contributed by atoms with Crippen LogP contribution in [0.5, 0.6) is 0 Å². The number of Topliss-reactive ketones (excluding diaryl/α,β-unsaturated/α-hetero) is 2. The zero-order valence-corrected chi connectivity index (χ0v) is 10.4. The fraction of sp³-hybridized carbons (Fsp3) is 0.308. The van der Waals surface area contributed by atoms with Crippen LogP contribution in [0.1, 0.15) is 23.7 Å². The minimum atomic E-state index is -1.25. The SMILES string of the molecule is CC(=O)C(CC(=O)c1ccccc1)C(=O)O.CN. The molecule has 1 aromatic carbocycles. The maximum Gasteiger partial charge on any atom is 0.314 e. The van der Waals surface area contributed by atoms with Gasteiger partial charge in [-0.25, -0.2) is 0 Å². The minimum absolute atomic E-state index is 0.283. The summed E-state index contributed by atoms with van der Waals surface area (Å²) in [7, 11) is 1.50. The highest BCUT2D eigenvalue weighted by molar-refractivity contribution is 6.05. The molecule has 0 saturated heterocycles. The second-order valence-electron chi connectivity index (χ2n) is 3.49. The molecule has 0 aliphatic carbocycles. The van der Waals surface area contributed by atoms with Crippen LogP contribution < -0.4 is 5.73 Å². The third kappa shape index (κ3) is 4.88. The Bertz CT molecular complexity index is 400. The van der Waals surface area contributed by atoms with Gasteiger partial charge < -0.3 is 10.8 Å². The number of hydrogen-bond donors (Lipinski definition) is 2. The van der Waals surface area contributed by atoms with Crippen LogP contribution in [0, 0.1) is 5.92 Å². The second kappa shape index (κ2) is 8.14. The molecule has 0 heterocycles. The molecule has 1 aromatic rings. The van der Waals surface area contributed by atoms with Gasteiger partial charge in [-0.3, -0.25) is 14.4 Å². The molecular weight excluding hydrogens is 234 g/mol. The van der Waals surface area contributed by atoms with E-state index in [9.17, 15) is 14.4 Å². The van der Waals surface area contributed by atoms with Crippen molar-refractivity contribution in [3.05, 3.63) is 35.9 Å². The average molecular weight is 251 g/mol. The number of carboxylic acid groups (broad SMARTS) is 1. The molecule has 5 nitrogen and oxygen atoms in total. The Labute approximate surface area is 106 Å². The summed E-state index contributed by atoms with van der Waals surface area (Å²) in [6.07, 6.45) is -0.283. The van der Waals surface area contributed by atoms with Crippen molar-refractivity contribution in [2.75, 3.05) is 7.05 Å². The summed E-state index contributed by atoms with van der Waals surface area (Å²) in [5.41, 5.74) is 4.93. The van der Waals surface area contributed by atoms with Gasteiger partial charge in [0.15, 0.2) is 5.78 Å². The third-order valence-corrected chi connectivity index (χ3v) is 2.27. The van der Waals surface area contributed by atoms with Crippen molar-refractivity contribution in [1.29, 1.82) is 0 Å². The van der Waals surface area contributed by atoms with Gasteiger partial charge in [0.05, 0.1) is 0 Å². The van der Waals surface area contributed by atoms with Crippen molar-refractivity contribution in [2.45, 2.75) is 13.3 Å². The lowest BCUT2D eigenvalue weighted by Crippen LogP contribution is -2.24. The van der Waals surface area contributed by atoms with E-state index in [1.54, 1.807) is 30.3 Å². The Morgan fingerprint density at radius 1 is 1.17 bits per heavy atom. The van der Waals surface area contributed by atoms with Crippen LogP contribution in [0.2, 0.25) is 0 Å². The molecular formula is C13H17NO4. The number of aliphatic carboxylic acids is 1. The Balaban J connectivity index is 0.00000137. The molecule has 1 atom stereocenters. The summed E-state index contributed by atoms with van der Waals surface area (Å²) in [5.74, 6) is -3.33. The number of nitrogens with two attached hydrogens (primary N) is 1. The van der Waals surface area contributed by atoms with Gasteiger partial charge in [0.1, 0.15) is 11.7 Å². The number of rotatable bonds is 5. The van der Waals surface area contributed by atoms with Crippen molar-refractivity contribution >= 4 is 17.5 Å². The molecule has 0 aliphatic rings. The molecule has 18 heavy (non-hydrogen) atoms. The first-order valence-corrected chi connectivity index (χ1v) is 5.41. The monoisotopic (exact) mass is 251 g/mol. The number of benzene rings is 1. The second-order valence-corrected chi connectivity index (χ2v) is 3.49. The predicted octanol–water partition coefficient (Wildman–Crippen LogP) is 1.12. The van der Waals surface area contributed by atoms with Gasteiger partial charge in [-0.05, 0) is 14.0 Å². The highest BCUT2D eigenvalue weighted by Crippen LogP contribution is 2.11. The van der Waals surface area contributed by atoms with Gasteiger partial charge in [-0.2, -0.15) is 0 Å². The molecule has 1 unspecified atom stereocenters. The molecule has 0 fully saturated rings. The summed E-state index contributed by atoms with van der Waals surface area (Å²) in [5, 5.41) is 8.77. The molecule has 0 amide bonds. The van der Waals surface area contributed by atoms with Gasteiger partial charge in [-0.1, -0.05) is 30.3 Å². The van der Waals surface area contributed by atoms with Crippen molar-refractivity contribution in [2.24, 2.45) is 11.7 Å². The number of carboxylic acids is 1. The first-order chi connectivity index (χ1) is 8.52. The molecule has 98 valence electrons. The van der Waals surface area contributed by atoms with E-state index in [0.29, 0.717) is 5.56 Å². The van der Waals surface area contributed by atoms with Crippen LogP contribution in [0.15, 0.2) is 30.3 Å². The highest BCUT2D eigenvalue weighted by atomic mass is 16.4. The minimum Gasteiger partial charge on any atom is -0.481 e. The maximum atomic E-state index is 11.6. The van der Waals surface area contributed by atoms with Gasteiger partial charge in [-0.15, -0.1) is 0 Å². The molecule has 0 aromatic heterocycles. The first kappa shape index (κ1) is 16.0. The average Bonchev–Trinajstić information content (AvgIpc) is 2.38. The molecule has 3 N–H and O–H groups in total. The fourth-order valence-corrected chi connectivity index (χ4v) is 1.33. The van der Waals surface area contributed by atoms with E-state index in [1.165, 1.54) is 14.0 Å². The van der Waals surface area contributed by atoms with Crippen molar-refractivity contribution in [3.8, 4) is 0 Å². The van der Waals surface area contributed by atoms with E-state index in [0.717, 1.165) is 0 Å². The van der Waals surface area contributed by atoms with Crippen LogP contribution in [-0.2, 0) is 9.59 Å².